The van der Waals surface area contributed by atoms with Crippen LogP contribution in [0.5, 0.6) is 11.5 Å². The van der Waals surface area contributed by atoms with Crippen molar-refractivity contribution in [3.05, 3.63) is 80.2 Å². The van der Waals surface area contributed by atoms with Gasteiger partial charge < -0.3 is 20.1 Å². The minimum atomic E-state index is -0.535. The van der Waals surface area contributed by atoms with Crippen molar-refractivity contribution >= 4 is 29.0 Å². The number of allylic oxidation sites excluding steroid dienone is 3. The van der Waals surface area contributed by atoms with Gasteiger partial charge in [0, 0.05) is 24.7 Å². The van der Waals surface area contributed by atoms with Gasteiger partial charge in [0.2, 0.25) is 0 Å². The quantitative estimate of drug-likeness (QED) is 0.550. The second kappa shape index (κ2) is 10.0. The van der Waals surface area contributed by atoms with E-state index in [0.29, 0.717) is 51.5 Å². The Morgan fingerprint density at radius 1 is 1.12 bits per heavy atom. The number of ether oxygens (including phenoxy) is 2. The second-order valence-corrected chi connectivity index (χ2v) is 9.03. The highest BCUT2D eigenvalue weighted by molar-refractivity contribution is 6.42. The third-order valence-electron chi connectivity index (χ3n) is 6.15. The van der Waals surface area contributed by atoms with Gasteiger partial charge in [0.1, 0.15) is 12.4 Å². The van der Waals surface area contributed by atoms with E-state index in [9.17, 15) is 10.1 Å². The van der Waals surface area contributed by atoms with Crippen molar-refractivity contribution in [3.63, 3.8) is 0 Å². The van der Waals surface area contributed by atoms with Crippen LogP contribution in [0.25, 0.3) is 0 Å². The lowest BCUT2D eigenvalue weighted by atomic mass is 9.76. The van der Waals surface area contributed by atoms with Gasteiger partial charge in [-0.25, -0.2) is 0 Å². The van der Waals surface area contributed by atoms with Crippen molar-refractivity contribution in [2.45, 2.75) is 38.7 Å². The minimum Gasteiger partial charge on any atom is -0.490 e. The molecular weight excluding hydrogens is 473 g/mol. The maximum absolute atomic E-state index is 13.0. The molecule has 1 aliphatic heterocycles. The summed E-state index contributed by atoms with van der Waals surface area (Å²) in [5, 5.41) is 10.9. The van der Waals surface area contributed by atoms with Crippen LogP contribution in [0.3, 0.4) is 0 Å². The first-order valence-corrected chi connectivity index (χ1v) is 11.8. The summed E-state index contributed by atoms with van der Waals surface area (Å²) in [5.74, 6) is 0.965. The Kier molecular flexibility index (Phi) is 7.06. The van der Waals surface area contributed by atoms with Gasteiger partial charge in [-0.2, -0.15) is 5.26 Å². The lowest BCUT2D eigenvalue weighted by molar-refractivity contribution is -0.116. The van der Waals surface area contributed by atoms with E-state index >= 15 is 0 Å². The van der Waals surface area contributed by atoms with E-state index in [2.05, 4.69) is 6.07 Å². The lowest BCUT2D eigenvalue weighted by Crippen LogP contribution is -2.36. The molecule has 1 heterocycles. The van der Waals surface area contributed by atoms with Gasteiger partial charge in [-0.3, -0.25) is 4.79 Å². The third kappa shape index (κ3) is 4.46. The van der Waals surface area contributed by atoms with Crippen molar-refractivity contribution in [2.24, 2.45) is 5.73 Å². The molecule has 4 rings (SSSR count). The molecule has 0 bridgehead atoms. The van der Waals surface area contributed by atoms with Gasteiger partial charge >= 0.3 is 0 Å². The zero-order valence-corrected chi connectivity index (χ0v) is 20.5. The molecule has 0 unspecified atom stereocenters. The summed E-state index contributed by atoms with van der Waals surface area (Å²) in [6.07, 6.45) is 1.98. The van der Waals surface area contributed by atoms with Crippen LogP contribution in [0.2, 0.25) is 10.0 Å². The number of benzene rings is 2. The maximum atomic E-state index is 13.0. The van der Waals surface area contributed by atoms with E-state index in [-0.39, 0.29) is 12.4 Å². The van der Waals surface area contributed by atoms with E-state index in [1.54, 1.807) is 23.1 Å². The molecule has 0 radical (unpaired) electrons. The van der Waals surface area contributed by atoms with Gasteiger partial charge in [0.05, 0.1) is 34.2 Å². The average molecular weight is 498 g/mol. The molecule has 0 saturated heterocycles. The van der Waals surface area contributed by atoms with Crippen LogP contribution in [0.15, 0.2) is 59.1 Å². The number of carbonyl (C=O) groups excluding carboxylic acids is 1. The number of rotatable bonds is 6. The Hall–Kier alpha value is -3.14. The average Bonchev–Trinajstić information content (AvgIpc) is 2.83. The first-order chi connectivity index (χ1) is 16.3. The molecule has 2 N–H and O–H groups in total. The topological polar surface area (TPSA) is 88.6 Å². The van der Waals surface area contributed by atoms with Crippen molar-refractivity contribution < 1.29 is 14.3 Å². The number of hydrogen-bond donors (Lipinski definition) is 1. The van der Waals surface area contributed by atoms with Crippen LogP contribution in [0.1, 0.15) is 43.2 Å². The molecule has 2 aromatic rings. The molecule has 2 aliphatic rings. The van der Waals surface area contributed by atoms with Crippen molar-refractivity contribution in [1.82, 2.24) is 4.90 Å². The monoisotopic (exact) mass is 497 g/mol. The standard InChI is InChI=1S/C26H25Cl2N3O3/c1-3-33-23-12-16(8-10-22(23)34-14-15-7-9-18(27)19(28)11-15)24-17(13-29)26(30)31(2)20-5-4-6-21(32)25(20)24/h7-12,24H,3-6,14,30H2,1-2H3/t24-/m0/s1. The van der Waals surface area contributed by atoms with Gasteiger partial charge in [-0.15, -0.1) is 0 Å². The number of nitriles is 1. The highest BCUT2D eigenvalue weighted by Crippen LogP contribution is 2.45. The largest absolute Gasteiger partial charge is 0.490 e. The third-order valence-corrected chi connectivity index (χ3v) is 6.89. The van der Waals surface area contributed by atoms with E-state index in [0.717, 1.165) is 29.7 Å². The zero-order chi connectivity index (χ0) is 24.4. The SMILES string of the molecule is CCOc1cc([C@H]2C(C#N)=C(N)N(C)C3=C2C(=O)CCC3)ccc1OCc1ccc(Cl)c(Cl)c1. The van der Waals surface area contributed by atoms with Crippen LogP contribution < -0.4 is 15.2 Å². The number of nitrogens with two attached hydrogens (primary N) is 1. The number of hydrogen-bond acceptors (Lipinski definition) is 6. The fraction of sp³-hybridized carbons (Fsp3) is 0.308. The molecule has 34 heavy (non-hydrogen) atoms. The summed E-state index contributed by atoms with van der Waals surface area (Å²) in [6, 6.07) is 13.1. The summed E-state index contributed by atoms with van der Waals surface area (Å²) in [6.45, 7) is 2.58. The molecule has 6 nitrogen and oxygen atoms in total. The fourth-order valence-corrected chi connectivity index (χ4v) is 4.80. The van der Waals surface area contributed by atoms with Gasteiger partial charge in [-0.1, -0.05) is 35.3 Å². The van der Waals surface area contributed by atoms with Crippen LogP contribution in [0.4, 0.5) is 0 Å². The number of halogens is 2. The molecule has 0 saturated carbocycles. The van der Waals surface area contributed by atoms with E-state index < -0.39 is 5.92 Å². The summed E-state index contributed by atoms with van der Waals surface area (Å²) in [5.41, 5.74) is 9.86. The normalized spacial score (nSPS) is 18.0. The smallest absolute Gasteiger partial charge is 0.161 e. The van der Waals surface area contributed by atoms with Crippen LogP contribution in [0, 0.1) is 11.3 Å². The van der Waals surface area contributed by atoms with Crippen molar-refractivity contribution in [3.8, 4) is 17.6 Å². The maximum Gasteiger partial charge on any atom is 0.161 e. The van der Waals surface area contributed by atoms with Gasteiger partial charge in [0.15, 0.2) is 17.3 Å². The Balaban J connectivity index is 1.71. The zero-order valence-electron chi connectivity index (χ0n) is 19.0. The number of Topliss-reactive ketones (excluding diaryl/α,β-unsaturated/α-hetero) is 1. The Labute approximate surface area is 209 Å². The molecule has 0 aromatic heterocycles. The van der Waals surface area contributed by atoms with Gasteiger partial charge in [-0.05, 0) is 55.2 Å². The molecular formula is C26H25Cl2N3O3. The first-order valence-electron chi connectivity index (χ1n) is 11.1. The molecule has 0 fully saturated rings. The Morgan fingerprint density at radius 3 is 2.62 bits per heavy atom. The fourth-order valence-electron chi connectivity index (χ4n) is 4.48. The van der Waals surface area contributed by atoms with Crippen LogP contribution in [-0.4, -0.2) is 24.3 Å². The van der Waals surface area contributed by atoms with Crippen molar-refractivity contribution in [1.29, 1.82) is 5.26 Å². The molecule has 1 aliphatic carbocycles. The number of ketones is 1. The summed E-state index contributed by atoms with van der Waals surface area (Å²) in [4.78, 5) is 14.8. The van der Waals surface area contributed by atoms with E-state index in [1.165, 1.54) is 0 Å². The van der Waals surface area contributed by atoms with Crippen LogP contribution >= 0.6 is 23.2 Å². The molecule has 0 spiro atoms. The van der Waals surface area contributed by atoms with E-state index in [1.807, 2.05) is 32.2 Å². The second-order valence-electron chi connectivity index (χ2n) is 8.22. The number of nitrogens with zero attached hydrogens (tertiary/aromatic N) is 2. The van der Waals surface area contributed by atoms with Crippen LogP contribution in [-0.2, 0) is 11.4 Å². The summed E-state index contributed by atoms with van der Waals surface area (Å²) < 4.78 is 11.9. The molecule has 176 valence electrons. The predicted octanol–water partition coefficient (Wildman–Crippen LogP) is 5.70. The molecule has 0 amide bonds. The molecule has 1 atom stereocenters. The number of carbonyl (C=O) groups is 1. The highest BCUT2D eigenvalue weighted by atomic mass is 35.5. The highest BCUT2D eigenvalue weighted by Gasteiger charge is 2.38. The van der Waals surface area contributed by atoms with Gasteiger partial charge in [0.25, 0.3) is 0 Å². The first kappa shape index (κ1) is 24.0. The lowest BCUT2D eigenvalue weighted by Gasteiger charge is -2.37. The summed E-state index contributed by atoms with van der Waals surface area (Å²) in [7, 11) is 1.81. The Morgan fingerprint density at radius 2 is 1.91 bits per heavy atom. The molecule has 8 heteroatoms. The molecule has 2 aromatic carbocycles. The van der Waals surface area contributed by atoms with E-state index in [4.69, 9.17) is 38.4 Å². The summed E-state index contributed by atoms with van der Waals surface area (Å²) >= 11 is 12.1. The van der Waals surface area contributed by atoms with Crippen molar-refractivity contribution in [2.75, 3.05) is 13.7 Å². The predicted molar refractivity (Wildman–Crippen MR) is 132 cm³/mol. The minimum absolute atomic E-state index is 0.0521. The Bertz CT molecular complexity index is 1250.